The van der Waals surface area contributed by atoms with Gasteiger partial charge in [0.25, 0.3) is 12.1 Å². The maximum absolute atomic E-state index is 12.9. The lowest BCUT2D eigenvalue weighted by Crippen LogP contribution is -2.43. The van der Waals surface area contributed by atoms with Crippen LogP contribution in [0.4, 0.5) is 14.5 Å². The third-order valence-electron chi connectivity index (χ3n) is 4.03. The van der Waals surface area contributed by atoms with Crippen LogP contribution in [-0.4, -0.2) is 43.5 Å². The first kappa shape index (κ1) is 21.9. The van der Waals surface area contributed by atoms with E-state index in [2.05, 4.69) is 26.3 Å². The van der Waals surface area contributed by atoms with Crippen molar-refractivity contribution in [2.45, 2.75) is 32.0 Å². The van der Waals surface area contributed by atoms with Crippen molar-refractivity contribution >= 4 is 27.5 Å². The first-order valence-corrected chi connectivity index (χ1v) is 8.78. The van der Waals surface area contributed by atoms with E-state index < -0.39 is 48.2 Å². The molecule has 0 aliphatic heterocycles. The van der Waals surface area contributed by atoms with Crippen molar-refractivity contribution in [3.8, 4) is 0 Å². The number of nitrogens with zero attached hydrogens (tertiary/aromatic N) is 3. The van der Waals surface area contributed by atoms with Crippen LogP contribution < -0.4 is 5.32 Å². The van der Waals surface area contributed by atoms with Crippen LogP contribution in [0.3, 0.4) is 0 Å². The number of hydrogen-bond donors (Lipinski definition) is 3. The SMILES string of the molecule is Cc1c(Br)c(C(F)F)nn1CC(=O)NC(CO)C(O)c1ccc([N+](=O)[O-])cc1. The van der Waals surface area contributed by atoms with Gasteiger partial charge in [0, 0.05) is 12.1 Å². The summed E-state index contributed by atoms with van der Waals surface area (Å²) in [5, 5.41) is 36.6. The Labute approximate surface area is 166 Å². The fourth-order valence-corrected chi connectivity index (χ4v) is 2.94. The molecule has 9 nitrogen and oxygen atoms in total. The molecule has 0 aliphatic rings. The summed E-state index contributed by atoms with van der Waals surface area (Å²) in [5.41, 5.74) is -0.0881. The van der Waals surface area contributed by atoms with Crippen molar-refractivity contribution < 1.29 is 28.7 Å². The van der Waals surface area contributed by atoms with Gasteiger partial charge in [0.1, 0.15) is 18.3 Å². The van der Waals surface area contributed by atoms with Gasteiger partial charge in [-0.15, -0.1) is 0 Å². The Balaban J connectivity index is 2.08. The molecule has 12 heteroatoms. The average Bonchev–Trinajstić information content (AvgIpc) is 2.94. The Kier molecular flexibility index (Phi) is 7.16. The Bertz CT molecular complexity index is 859. The molecule has 28 heavy (non-hydrogen) atoms. The number of aliphatic hydroxyl groups excluding tert-OH is 2. The van der Waals surface area contributed by atoms with Crippen molar-refractivity contribution in [2.75, 3.05) is 6.61 Å². The standard InChI is InChI=1S/C16H17BrF2N4O5/c1-8-13(17)14(16(18)19)21-22(8)6-12(25)20-11(7-24)15(26)9-2-4-10(5-3-9)23(27)28/h2-5,11,15-16,24,26H,6-7H2,1H3,(H,20,25). The molecule has 1 aromatic heterocycles. The summed E-state index contributed by atoms with van der Waals surface area (Å²) in [7, 11) is 0. The van der Waals surface area contributed by atoms with E-state index >= 15 is 0 Å². The minimum Gasteiger partial charge on any atom is -0.394 e. The van der Waals surface area contributed by atoms with Gasteiger partial charge in [-0.3, -0.25) is 19.6 Å². The predicted octanol–water partition coefficient (Wildman–Crippen LogP) is 2.01. The van der Waals surface area contributed by atoms with Crippen molar-refractivity contribution in [3.63, 3.8) is 0 Å². The summed E-state index contributed by atoms with van der Waals surface area (Å²) >= 11 is 3.00. The molecule has 0 radical (unpaired) electrons. The molecule has 0 spiro atoms. The molecule has 2 rings (SSSR count). The largest absolute Gasteiger partial charge is 0.394 e. The van der Waals surface area contributed by atoms with Gasteiger partial charge in [-0.05, 0) is 40.5 Å². The van der Waals surface area contributed by atoms with Crippen LogP contribution in [0.2, 0.25) is 0 Å². The average molecular weight is 463 g/mol. The van der Waals surface area contributed by atoms with E-state index in [1.807, 2.05) is 0 Å². The summed E-state index contributed by atoms with van der Waals surface area (Å²) < 4.78 is 26.9. The second kappa shape index (κ2) is 9.17. The molecule has 0 saturated heterocycles. The number of alkyl halides is 2. The Hall–Kier alpha value is -2.44. The van der Waals surface area contributed by atoms with Gasteiger partial charge in [0.15, 0.2) is 0 Å². The van der Waals surface area contributed by atoms with E-state index in [4.69, 9.17) is 0 Å². The number of non-ortho nitro benzene ring substituents is 1. The van der Waals surface area contributed by atoms with Crippen LogP contribution in [0.25, 0.3) is 0 Å². The third kappa shape index (κ3) is 4.88. The first-order valence-electron chi connectivity index (χ1n) is 7.99. The molecular formula is C16H17BrF2N4O5. The van der Waals surface area contributed by atoms with Crippen molar-refractivity contribution in [1.82, 2.24) is 15.1 Å². The molecule has 0 fully saturated rings. The second-order valence-corrected chi connectivity index (χ2v) is 6.69. The molecule has 2 unspecified atom stereocenters. The minimum atomic E-state index is -2.81. The number of rotatable bonds is 8. The fourth-order valence-electron chi connectivity index (χ4n) is 2.48. The Morgan fingerprint density at radius 2 is 2.00 bits per heavy atom. The highest BCUT2D eigenvalue weighted by atomic mass is 79.9. The molecule has 0 bridgehead atoms. The number of aromatic nitrogens is 2. The number of carbonyl (C=O) groups excluding carboxylic acids is 1. The smallest absolute Gasteiger partial charge is 0.283 e. The number of nitrogens with one attached hydrogen (secondary N) is 1. The highest BCUT2D eigenvalue weighted by Gasteiger charge is 2.25. The van der Waals surface area contributed by atoms with E-state index in [9.17, 15) is 33.9 Å². The van der Waals surface area contributed by atoms with E-state index in [0.29, 0.717) is 5.69 Å². The number of aliphatic hydroxyl groups is 2. The Morgan fingerprint density at radius 1 is 1.39 bits per heavy atom. The highest BCUT2D eigenvalue weighted by molar-refractivity contribution is 9.10. The van der Waals surface area contributed by atoms with Gasteiger partial charge in [0.05, 0.1) is 27.7 Å². The van der Waals surface area contributed by atoms with Crippen molar-refractivity contribution in [1.29, 1.82) is 0 Å². The number of nitro benzene ring substituents is 1. The molecule has 152 valence electrons. The number of halogens is 3. The van der Waals surface area contributed by atoms with Gasteiger partial charge in [-0.2, -0.15) is 5.10 Å². The van der Waals surface area contributed by atoms with E-state index in [1.165, 1.54) is 31.2 Å². The summed E-state index contributed by atoms with van der Waals surface area (Å²) in [5.74, 6) is -0.668. The fraction of sp³-hybridized carbons (Fsp3) is 0.375. The quantitative estimate of drug-likeness (QED) is 0.406. The van der Waals surface area contributed by atoms with Crippen molar-refractivity contribution in [3.05, 3.63) is 55.8 Å². The van der Waals surface area contributed by atoms with Gasteiger partial charge >= 0.3 is 0 Å². The highest BCUT2D eigenvalue weighted by Crippen LogP contribution is 2.29. The predicted molar refractivity (Wildman–Crippen MR) is 96.7 cm³/mol. The van der Waals surface area contributed by atoms with Gasteiger partial charge in [-0.25, -0.2) is 8.78 Å². The van der Waals surface area contributed by atoms with Crippen molar-refractivity contribution in [2.24, 2.45) is 0 Å². The second-order valence-electron chi connectivity index (χ2n) is 5.89. The molecule has 3 N–H and O–H groups in total. The summed E-state index contributed by atoms with van der Waals surface area (Å²) in [6, 6.07) is 3.88. The number of benzene rings is 1. The van der Waals surface area contributed by atoms with E-state index in [1.54, 1.807) is 0 Å². The number of amides is 1. The molecule has 2 atom stereocenters. The molecule has 1 heterocycles. The van der Waals surface area contributed by atoms with Crippen LogP contribution in [0.5, 0.6) is 0 Å². The molecule has 2 aromatic rings. The number of hydrogen-bond acceptors (Lipinski definition) is 6. The topological polar surface area (TPSA) is 131 Å². The van der Waals surface area contributed by atoms with Crippen LogP contribution in [-0.2, 0) is 11.3 Å². The van der Waals surface area contributed by atoms with Crippen LogP contribution in [0, 0.1) is 17.0 Å². The zero-order chi connectivity index (χ0) is 21.0. The normalized spacial score (nSPS) is 13.4. The summed E-state index contributed by atoms with van der Waals surface area (Å²) in [6.07, 6.45) is -4.15. The monoisotopic (exact) mass is 462 g/mol. The first-order chi connectivity index (χ1) is 13.1. The van der Waals surface area contributed by atoms with Crippen LogP contribution in [0.15, 0.2) is 28.7 Å². The van der Waals surface area contributed by atoms with Gasteiger partial charge < -0.3 is 15.5 Å². The lowest BCUT2D eigenvalue weighted by molar-refractivity contribution is -0.384. The zero-order valence-corrected chi connectivity index (χ0v) is 16.1. The van der Waals surface area contributed by atoms with Crippen LogP contribution in [0.1, 0.15) is 29.5 Å². The van der Waals surface area contributed by atoms with Gasteiger partial charge in [0.2, 0.25) is 5.91 Å². The minimum absolute atomic E-state index is 0.0972. The maximum Gasteiger partial charge on any atom is 0.283 e. The molecule has 1 aromatic carbocycles. The van der Waals surface area contributed by atoms with Crippen LogP contribution >= 0.6 is 15.9 Å². The molecule has 0 saturated carbocycles. The van der Waals surface area contributed by atoms with Gasteiger partial charge in [-0.1, -0.05) is 0 Å². The zero-order valence-electron chi connectivity index (χ0n) is 14.6. The molecular weight excluding hydrogens is 446 g/mol. The lowest BCUT2D eigenvalue weighted by Gasteiger charge is -2.22. The van der Waals surface area contributed by atoms with E-state index in [-0.39, 0.29) is 15.7 Å². The third-order valence-corrected chi connectivity index (χ3v) is 5.01. The molecule has 0 aliphatic carbocycles. The summed E-state index contributed by atoms with van der Waals surface area (Å²) in [6.45, 7) is 0.486. The maximum atomic E-state index is 12.9. The summed E-state index contributed by atoms with van der Waals surface area (Å²) in [4.78, 5) is 22.3. The number of carbonyl (C=O) groups is 1. The lowest BCUT2D eigenvalue weighted by atomic mass is 10.0. The van der Waals surface area contributed by atoms with E-state index in [0.717, 1.165) is 4.68 Å². The molecule has 1 amide bonds. The Morgan fingerprint density at radius 3 is 2.46 bits per heavy atom. The number of nitro groups is 1.